The van der Waals surface area contributed by atoms with Crippen molar-refractivity contribution >= 4 is 41.7 Å². The average Bonchev–Trinajstić information content (AvgIpc) is 3.56. The normalized spacial score (nSPS) is 32.3. The molecule has 4 heterocycles. The topological polar surface area (TPSA) is 246 Å². The number of hydrogen-bond donors (Lipinski definition) is 1. The minimum absolute atomic E-state index is 0.534. The molecule has 0 bridgehead atoms. The highest BCUT2D eigenvalue weighted by molar-refractivity contribution is 5.83. The highest BCUT2D eigenvalue weighted by Crippen LogP contribution is 2.45. The van der Waals surface area contributed by atoms with E-state index in [2.05, 4.69) is 5.32 Å². The van der Waals surface area contributed by atoms with Gasteiger partial charge < -0.3 is 67.1 Å². The monoisotopic (exact) mass is 804 g/mol. The largest absolute Gasteiger partial charge is 0.462 e. The molecule has 4 aliphatic heterocycles. The molecule has 0 aromatic rings. The summed E-state index contributed by atoms with van der Waals surface area (Å²) in [7, 11) is 2.86. The number of likely N-dealkylation sites (N-methyl/N-ethyl adjacent to an activating group) is 1. The lowest BCUT2D eigenvalue weighted by Gasteiger charge is -2.49. The van der Waals surface area contributed by atoms with E-state index in [1.165, 1.54) is 14.1 Å². The molecule has 0 aromatic carbocycles. The number of nitrogens with one attached hydrogen (secondary N) is 1. The predicted molar refractivity (Wildman–Crippen MR) is 181 cm³/mol. The summed E-state index contributed by atoms with van der Waals surface area (Å²) in [6, 6.07) is -1.45. The zero-order chi connectivity index (χ0) is 41.9. The zero-order valence-corrected chi connectivity index (χ0v) is 33.3. The van der Waals surface area contributed by atoms with Gasteiger partial charge in [0.2, 0.25) is 5.91 Å². The Balaban J connectivity index is 1.84. The molecule has 316 valence electrons. The third-order valence-corrected chi connectivity index (χ3v) is 8.87. The first kappa shape index (κ1) is 44.7. The molecule has 21 nitrogen and oxygen atoms in total. The van der Waals surface area contributed by atoms with E-state index in [9.17, 15) is 33.6 Å². The van der Waals surface area contributed by atoms with Crippen molar-refractivity contribution in [3.05, 3.63) is 0 Å². The number of carbonyl (C=O) groups excluding carboxylic acids is 7. The van der Waals surface area contributed by atoms with Gasteiger partial charge in [-0.05, 0) is 27.7 Å². The van der Waals surface area contributed by atoms with Crippen LogP contribution in [0.3, 0.4) is 0 Å². The van der Waals surface area contributed by atoms with Crippen LogP contribution in [0.1, 0.15) is 68.7 Å². The third-order valence-electron chi connectivity index (χ3n) is 8.87. The second kappa shape index (κ2) is 17.7. The van der Waals surface area contributed by atoms with Crippen molar-refractivity contribution in [3.8, 4) is 0 Å². The molecule has 4 saturated heterocycles. The molecule has 1 N–H and O–H groups in total. The second-order valence-corrected chi connectivity index (χ2v) is 14.8. The maximum absolute atomic E-state index is 14.4. The van der Waals surface area contributed by atoms with Crippen LogP contribution in [0.5, 0.6) is 0 Å². The smallest absolute Gasteiger partial charge is 0.367 e. The van der Waals surface area contributed by atoms with Crippen LogP contribution in [0.4, 0.5) is 0 Å². The Morgan fingerprint density at radius 3 is 1.93 bits per heavy atom. The molecule has 11 atom stereocenters. The minimum atomic E-state index is -2.65. The number of rotatable bonds is 14. The Morgan fingerprint density at radius 2 is 1.36 bits per heavy atom. The van der Waals surface area contributed by atoms with E-state index in [0.717, 1.165) is 39.5 Å². The minimum Gasteiger partial charge on any atom is -0.462 e. The molecule has 0 saturated carbocycles. The molecule has 0 radical (unpaired) electrons. The van der Waals surface area contributed by atoms with Crippen molar-refractivity contribution in [2.75, 3.05) is 33.9 Å². The number of amides is 2. The van der Waals surface area contributed by atoms with Gasteiger partial charge in [0.15, 0.2) is 36.7 Å². The first-order valence-electron chi connectivity index (χ1n) is 17.9. The van der Waals surface area contributed by atoms with Crippen LogP contribution in [-0.2, 0) is 90.4 Å². The fourth-order valence-corrected chi connectivity index (χ4v) is 6.80. The average molecular weight is 805 g/mol. The molecule has 0 unspecified atom stereocenters. The molecule has 2 amide bonds. The molecular formula is C35H52N2O19. The maximum Gasteiger partial charge on any atom is 0.367 e. The summed E-state index contributed by atoms with van der Waals surface area (Å²) in [5.41, 5.74) is 0. The number of ether oxygens (including phenoxy) is 12. The lowest BCUT2D eigenvalue weighted by molar-refractivity contribution is -0.328. The van der Waals surface area contributed by atoms with Gasteiger partial charge in [0, 0.05) is 48.7 Å². The molecule has 0 spiro atoms. The van der Waals surface area contributed by atoms with E-state index in [-0.39, 0.29) is 0 Å². The van der Waals surface area contributed by atoms with Crippen LogP contribution in [-0.4, -0.2) is 159 Å². The van der Waals surface area contributed by atoms with Gasteiger partial charge in [-0.25, -0.2) is 4.79 Å². The van der Waals surface area contributed by atoms with Gasteiger partial charge in [-0.1, -0.05) is 0 Å². The van der Waals surface area contributed by atoms with Gasteiger partial charge in [0.1, 0.15) is 43.2 Å². The van der Waals surface area contributed by atoms with Crippen LogP contribution < -0.4 is 5.32 Å². The standard InChI is InChI=1S/C35H52N2O19/c1-16(38)36-25-21(48-18(3)40)12-35(32(44)46-15-24(43)37(10)11,55-28(25)26(50-20(5)42)22(49-19(4)41)13-45-17(2)39)47-14-23-27-29(53-33(6,7)52-27)30-31(51-23)56-34(8,9)54-30/h21-23,25-31H,12-15H2,1-11H3,(H,36,38)/t21-,22+,23+,25+,26+,27-,28+,29-,30+,31+,35+/m0/s1. The van der Waals surface area contributed by atoms with E-state index < -0.39 is 146 Å². The number of hydrogen-bond acceptors (Lipinski definition) is 19. The van der Waals surface area contributed by atoms with E-state index in [1.807, 2.05) is 0 Å². The van der Waals surface area contributed by atoms with Crippen LogP contribution in [0.2, 0.25) is 0 Å². The van der Waals surface area contributed by atoms with Crippen molar-refractivity contribution in [1.29, 1.82) is 0 Å². The van der Waals surface area contributed by atoms with E-state index in [0.29, 0.717) is 0 Å². The SMILES string of the molecule is CC(=O)N[C@H]1[C@H]([C@H](OC(C)=O)[C@@H](COC(C)=O)OC(C)=O)O[C@@](OC[C@H]2O[C@@H]3OC(C)(C)O[C@@H]3[C@H]3OC(C)(C)O[C@H]32)(C(=O)OCC(=O)N(C)C)C[C@@H]1OC(C)=O. The van der Waals surface area contributed by atoms with Gasteiger partial charge in [0.25, 0.3) is 11.7 Å². The first-order chi connectivity index (χ1) is 25.9. The number of nitrogens with zero attached hydrogens (tertiary/aromatic N) is 1. The summed E-state index contributed by atoms with van der Waals surface area (Å²) in [6.07, 6.45) is -11.8. The second-order valence-electron chi connectivity index (χ2n) is 14.8. The molecule has 0 aromatic heterocycles. The summed E-state index contributed by atoms with van der Waals surface area (Å²) in [6.45, 7) is 10.1. The molecule has 4 rings (SSSR count). The number of carbonyl (C=O) groups is 7. The van der Waals surface area contributed by atoms with Crippen LogP contribution in [0.15, 0.2) is 0 Å². The van der Waals surface area contributed by atoms with Crippen molar-refractivity contribution in [3.63, 3.8) is 0 Å². The summed E-state index contributed by atoms with van der Waals surface area (Å²) < 4.78 is 70.7. The fraction of sp³-hybridized carbons (Fsp3) is 0.800. The van der Waals surface area contributed by atoms with Crippen LogP contribution in [0, 0.1) is 0 Å². The molecule has 4 aliphatic rings. The highest BCUT2D eigenvalue weighted by Gasteiger charge is 2.63. The van der Waals surface area contributed by atoms with Crippen LogP contribution >= 0.6 is 0 Å². The molecule has 21 heteroatoms. The summed E-state index contributed by atoms with van der Waals surface area (Å²) in [5.74, 6) is -11.0. The highest BCUT2D eigenvalue weighted by atomic mass is 16.9. The lowest BCUT2D eigenvalue weighted by atomic mass is 9.87. The maximum atomic E-state index is 14.4. The molecule has 0 aliphatic carbocycles. The van der Waals surface area contributed by atoms with Gasteiger partial charge in [-0.3, -0.25) is 28.8 Å². The Labute approximate surface area is 323 Å². The summed E-state index contributed by atoms with van der Waals surface area (Å²) >= 11 is 0. The first-order valence-corrected chi connectivity index (χ1v) is 17.9. The van der Waals surface area contributed by atoms with Gasteiger partial charge in [-0.2, -0.15) is 0 Å². The summed E-state index contributed by atoms with van der Waals surface area (Å²) in [4.78, 5) is 90.3. The Hall–Kier alpha value is -3.99. The van der Waals surface area contributed by atoms with Gasteiger partial charge in [0.05, 0.1) is 19.1 Å². The molecule has 4 fully saturated rings. The third kappa shape index (κ3) is 11.1. The lowest BCUT2D eigenvalue weighted by Crippen LogP contribution is -2.69. The Bertz CT molecular complexity index is 1520. The van der Waals surface area contributed by atoms with Crippen molar-refractivity contribution < 1.29 is 90.4 Å². The summed E-state index contributed by atoms with van der Waals surface area (Å²) in [5, 5.41) is 2.59. The van der Waals surface area contributed by atoms with Gasteiger partial charge in [-0.15, -0.1) is 0 Å². The van der Waals surface area contributed by atoms with Gasteiger partial charge >= 0.3 is 29.8 Å². The number of fused-ring (bicyclic) bond motifs is 3. The Morgan fingerprint density at radius 1 is 0.750 bits per heavy atom. The van der Waals surface area contributed by atoms with E-state index >= 15 is 0 Å². The fourth-order valence-electron chi connectivity index (χ4n) is 6.80. The van der Waals surface area contributed by atoms with Crippen molar-refractivity contribution in [1.82, 2.24) is 10.2 Å². The van der Waals surface area contributed by atoms with E-state index in [1.54, 1.807) is 27.7 Å². The molecular weight excluding hydrogens is 752 g/mol. The van der Waals surface area contributed by atoms with Crippen molar-refractivity contribution in [2.24, 2.45) is 0 Å². The quantitative estimate of drug-likeness (QED) is 0.170. The van der Waals surface area contributed by atoms with Crippen molar-refractivity contribution in [2.45, 2.75) is 147 Å². The zero-order valence-electron chi connectivity index (χ0n) is 33.3. The predicted octanol–water partition coefficient (Wildman–Crippen LogP) is -0.621. The Kier molecular flexibility index (Phi) is 14.1. The number of esters is 5. The molecule has 56 heavy (non-hydrogen) atoms. The van der Waals surface area contributed by atoms with Crippen LogP contribution in [0.25, 0.3) is 0 Å². The van der Waals surface area contributed by atoms with E-state index in [4.69, 9.17) is 56.8 Å².